The zero-order chi connectivity index (χ0) is 5.91. The molecular weight excluding hydrogens is 107 g/mol. The van der Waals surface area contributed by atoms with Gasteiger partial charge >= 0.3 is 0 Å². The summed E-state index contributed by atoms with van der Waals surface area (Å²) in [5.74, 6) is 0. The lowest BCUT2D eigenvalue weighted by Gasteiger charge is -2.10. The average Bonchev–Trinajstić information content (AvgIpc) is 1.30. The Labute approximate surface area is 45.7 Å². The largest absolute Gasteiger partial charge is 0.251 e. The Balaban J connectivity index is 3.15. The molecule has 0 atom stereocenters. The van der Waals surface area contributed by atoms with Gasteiger partial charge in [-0.05, 0) is 6.04 Å². The minimum atomic E-state index is -1.03. The van der Waals surface area contributed by atoms with Gasteiger partial charge in [-0.2, -0.15) is 0 Å². The van der Waals surface area contributed by atoms with Crippen LogP contribution in [-0.2, 0) is 0 Å². The first kappa shape index (κ1) is 7.15. The van der Waals surface area contributed by atoms with E-state index in [1.54, 1.807) is 0 Å². The Kier molecular flexibility index (Phi) is 2.50. The summed E-state index contributed by atoms with van der Waals surface area (Å²) in [5, 5.41) is 0. The average molecular weight is 120 g/mol. The van der Waals surface area contributed by atoms with Crippen molar-refractivity contribution in [2.45, 2.75) is 25.7 Å². The maximum atomic E-state index is 11.5. The molecule has 0 heterocycles. The van der Waals surface area contributed by atoms with Crippen LogP contribution >= 0.6 is 0 Å². The lowest BCUT2D eigenvalue weighted by atomic mass is 10.9. The second kappa shape index (κ2) is 2.45. The Morgan fingerprint density at radius 1 is 1.29 bits per heavy atom. The van der Waals surface area contributed by atoms with Gasteiger partial charge in [-0.1, -0.05) is 19.6 Å². The summed E-state index contributed by atoms with van der Waals surface area (Å²) in [4.78, 5) is 0. The van der Waals surface area contributed by atoms with Gasteiger partial charge in [0.1, 0.15) is 0 Å². The highest BCUT2D eigenvalue weighted by molar-refractivity contribution is 6.76. The highest BCUT2D eigenvalue weighted by atomic mass is 28.3. The van der Waals surface area contributed by atoms with Gasteiger partial charge in [-0.15, -0.1) is 0 Å². The zero-order valence-electron chi connectivity index (χ0n) is 5.29. The van der Waals surface area contributed by atoms with E-state index in [1.165, 1.54) is 0 Å². The molecule has 0 spiro atoms. The monoisotopic (exact) mass is 120 g/mol. The number of alkyl halides is 1. The third-order valence-corrected chi connectivity index (χ3v) is 2.53. The van der Waals surface area contributed by atoms with Crippen LogP contribution in [0.15, 0.2) is 0 Å². The Bertz CT molecular complexity index is 46.5. The van der Waals surface area contributed by atoms with Crippen molar-refractivity contribution in [3.63, 3.8) is 0 Å². The molecule has 2 heteroatoms. The maximum Gasteiger partial charge on any atom is 0.0871 e. The van der Waals surface area contributed by atoms with E-state index < -0.39 is 8.07 Å². The fraction of sp³-hybridized carbons (Fsp3) is 1.00. The summed E-state index contributed by atoms with van der Waals surface area (Å²) < 4.78 is 11.5. The zero-order valence-corrected chi connectivity index (χ0v) is 6.29. The maximum absolute atomic E-state index is 11.5. The molecule has 0 radical (unpaired) electrons. The molecule has 0 aliphatic carbocycles. The Hall–Kier alpha value is 0.147. The molecule has 0 N–H and O–H groups in total. The molecule has 0 unspecified atom stereocenters. The summed E-state index contributed by atoms with van der Waals surface area (Å²) in [6, 6.07) is 0.812. The van der Waals surface area contributed by atoms with Gasteiger partial charge in [0.05, 0.1) is 6.67 Å². The first-order valence-corrected chi connectivity index (χ1v) is 6.33. The fourth-order valence-electron chi connectivity index (χ4n) is 0.283. The SMILES string of the molecule is C[Si](C)(C)CCF. The van der Waals surface area contributed by atoms with E-state index in [0.717, 1.165) is 6.04 Å². The van der Waals surface area contributed by atoms with E-state index >= 15 is 0 Å². The fourth-order valence-corrected chi connectivity index (χ4v) is 0.850. The molecule has 0 bridgehead atoms. The lowest BCUT2D eigenvalue weighted by Crippen LogP contribution is -2.19. The molecule has 0 aliphatic heterocycles. The predicted octanol–water partition coefficient (Wildman–Crippen LogP) is 2.29. The highest BCUT2D eigenvalue weighted by Crippen LogP contribution is 2.06. The van der Waals surface area contributed by atoms with Gasteiger partial charge in [-0.25, -0.2) is 0 Å². The van der Waals surface area contributed by atoms with Gasteiger partial charge in [0.25, 0.3) is 0 Å². The van der Waals surface area contributed by atoms with Crippen LogP contribution in [0.2, 0.25) is 25.7 Å². The van der Waals surface area contributed by atoms with Crippen molar-refractivity contribution in [3.05, 3.63) is 0 Å². The van der Waals surface area contributed by atoms with Crippen molar-refractivity contribution in [3.8, 4) is 0 Å². The normalized spacial score (nSPS) is 12.0. The van der Waals surface area contributed by atoms with E-state index in [1.807, 2.05) is 0 Å². The van der Waals surface area contributed by atoms with E-state index in [4.69, 9.17) is 0 Å². The van der Waals surface area contributed by atoms with E-state index in [-0.39, 0.29) is 6.67 Å². The predicted molar refractivity (Wildman–Crippen MR) is 34.1 cm³/mol. The van der Waals surface area contributed by atoms with Crippen molar-refractivity contribution in [1.82, 2.24) is 0 Å². The first-order valence-electron chi connectivity index (χ1n) is 2.62. The molecular formula is C5H13FSi. The van der Waals surface area contributed by atoms with Gasteiger partial charge in [0, 0.05) is 8.07 Å². The third-order valence-electron chi connectivity index (χ3n) is 0.844. The molecule has 0 fully saturated rings. The molecule has 0 amide bonds. The number of halogens is 1. The smallest absolute Gasteiger partial charge is 0.0871 e. The quantitative estimate of drug-likeness (QED) is 0.490. The molecule has 0 saturated heterocycles. The minimum absolute atomic E-state index is 0.129. The third kappa shape index (κ3) is 6.15. The van der Waals surface area contributed by atoms with Crippen LogP contribution in [0, 0.1) is 0 Å². The van der Waals surface area contributed by atoms with Gasteiger partial charge < -0.3 is 0 Å². The molecule has 0 aromatic heterocycles. The summed E-state index contributed by atoms with van der Waals surface area (Å²) >= 11 is 0. The Morgan fingerprint density at radius 2 is 1.71 bits per heavy atom. The van der Waals surface area contributed by atoms with E-state index in [0.29, 0.717) is 0 Å². The molecule has 0 rings (SSSR count). The van der Waals surface area contributed by atoms with Crippen LogP contribution < -0.4 is 0 Å². The molecule has 0 aromatic carbocycles. The molecule has 44 valence electrons. The Morgan fingerprint density at radius 3 is 1.71 bits per heavy atom. The van der Waals surface area contributed by atoms with Gasteiger partial charge in [0.15, 0.2) is 0 Å². The van der Waals surface area contributed by atoms with E-state index in [9.17, 15) is 4.39 Å². The van der Waals surface area contributed by atoms with Crippen LogP contribution in [-0.4, -0.2) is 14.7 Å². The standard InChI is InChI=1S/C5H13FSi/c1-7(2,3)5-4-6/h4-5H2,1-3H3. The number of rotatable bonds is 2. The summed E-state index contributed by atoms with van der Waals surface area (Å²) in [6.07, 6.45) is 0. The van der Waals surface area contributed by atoms with Crippen molar-refractivity contribution in [2.24, 2.45) is 0 Å². The van der Waals surface area contributed by atoms with Crippen molar-refractivity contribution < 1.29 is 4.39 Å². The van der Waals surface area contributed by atoms with Crippen molar-refractivity contribution in [2.75, 3.05) is 6.67 Å². The molecule has 7 heavy (non-hydrogen) atoms. The second-order valence-electron chi connectivity index (χ2n) is 3.00. The first-order chi connectivity index (χ1) is 3.06. The topological polar surface area (TPSA) is 0 Å². The van der Waals surface area contributed by atoms with Crippen molar-refractivity contribution in [1.29, 1.82) is 0 Å². The number of hydrogen-bond acceptors (Lipinski definition) is 0. The van der Waals surface area contributed by atoms with Gasteiger partial charge in [-0.3, -0.25) is 4.39 Å². The number of hydrogen-bond donors (Lipinski definition) is 0. The van der Waals surface area contributed by atoms with Crippen LogP contribution in [0.4, 0.5) is 4.39 Å². The highest BCUT2D eigenvalue weighted by Gasteiger charge is 2.10. The van der Waals surface area contributed by atoms with Crippen LogP contribution in [0.5, 0.6) is 0 Å². The second-order valence-corrected chi connectivity index (χ2v) is 8.62. The molecule has 0 aliphatic rings. The molecule has 0 aromatic rings. The molecule has 0 nitrogen and oxygen atoms in total. The summed E-state index contributed by atoms with van der Waals surface area (Å²) in [6.45, 7) is 6.39. The van der Waals surface area contributed by atoms with Crippen LogP contribution in [0.3, 0.4) is 0 Å². The lowest BCUT2D eigenvalue weighted by molar-refractivity contribution is 0.523. The minimum Gasteiger partial charge on any atom is -0.251 e. The van der Waals surface area contributed by atoms with Gasteiger partial charge in [0.2, 0.25) is 0 Å². The summed E-state index contributed by atoms with van der Waals surface area (Å²) in [5.41, 5.74) is 0. The van der Waals surface area contributed by atoms with E-state index in [2.05, 4.69) is 19.6 Å². The van der Waals surface area contributed by atoms with Crippen LogP contribution in [0.1, 0.15) is 0 Å². The molecule has 0 saturated carbocycles. The summed E-state index contributed by atoms with van der Waals surface area (Å²) in [7, 11) is -1.03. The van der Waals surface area contributed by atoms with Crippen molar-refractivity contribution >= 4 is 8.07 Å². The van der Waals surface area contributed by atoms with Crippen LogP contribution in [0.25, 0.3) is 0 Å².